The first-order chi connectivity index (χ1) is 8.27. The minimum atomic E-state index is 0.152. The molecule has 1 N–H and O–H groups in total. The van der Waals surface area contributed by atoms with Crippen molar-refractivity contribution in [2.45, 2.75) is 32.2 Å². The van der Waals surface area contributed by atoms with Crippen LogP contribution in [-0.2, 0) is 24.2 Å². The molecule has 0 atom stereocenters. The van der Waals surface area contributed by atoms with Gasteiger partial charge >= 0.3 is 0 Å². The summed E-state index contributed by atoms with van der Waals surface area (Å²) in [6.07, 6.45) is 5.47. The van der Waals surface area contributed by atoms with Crippen LogP contribution in [-0.4, -0.2) is 18.3 Å². The summed E-state index contributed by atoms with van der Waals surface area (Å²) in [6, 6.07) is 1.76. The summed E-state index contributed by atoms with van der Waals surface area (Å²) in [4.78, 5) is 13.6. The second-order valence-electron chi connectivity index (χ2n) is 4.16. The van der Waals surface area contributed by atoms with Crippen molar-refractivity contribution in [1.82, 2.24) is 0 Å². The highest BCUT2D eigenvalue weighted by Crippen LogP contribution is 2.38. The number of isocyanates is 1. The lowest BCUT2D eigenvalue weighted by atomic mass is 9.88. The standard InChI is InChI=1S/C13H15NO3/c1-17-12-6-9(7-14-8-15)13(16)11-5-3-2-4-10(11)12/h6,16H,2-5,7H2,1H3. The second-order valence-corrected chi connectivity index (χ2v) is 4.16. The molecule has 0 aromatic heterocycles. The van der Waals surface area contributed by atoms with Gasteiger partial charge in [-0.3, -0.25) is 0 Å². The van der Waals surface area contributed by atoms with Crippen molar-refractivity contribution in [2.75, 3.05) is 7.11 Å². The zero-order chi connectivity index (χ0) is 12.3. The molecule has 0 fully saturated rings. The van der Waals surface area contributed by atoms with E-state index in [9.17, 15) is 9.90 Å². The Hall–Kier alpha value is -1.80. The van der Waals surface area contributed by atoms with Gasteiger partial charge in [-0.25, -0.2) is 9.79 Å². The van der Waals surface area contributed by atoms with E-state index < -0.39 is 0 Å². The lowest BCUT2D eigenvalue weighted by molar-refractivity contribution is 0.398. The number of phenols is 1. The largest absolute Gasteiger partial charge is 0.507 e. The molecule has 90 valence electrons. The summed E-state index contributed by atoms with van der Waals surface area (Å²) in [5.74, 6) is 1.05. The molecule has 0 aliphatic heterocycles. The van der Waals surface area contributed by atoms with E-state index >= 15 is 0 Å². The topological polar surface area (TPSA) is 58.9 Å². The van der Waals surface area contributed by atoms with Gasteiger partial charge in [0.2, 0.25) is 6.08 Å². The van der Waals surface area contributed by atoms with E-state index in [2.05, 4.69) is 4.99 Å². The van der Waals surface area contributed by atoms with Crippen LogP contribution < -0.4 is 4.74 Å². The lowest BCUT2D eigenvalue weighted by Gasteiger charge is -2.21. The molecule has 17 heavy (non-hydrogen) atoms. The summed E-state index contributed by atoms with van der Waals surface area (Å²) in [6.45, 7) is 0.152. The molecule has 0 radical (unpaired) electrons. The van der Waals surface area contributed by atoms with Crippen LogP contribution in [0.4, 0.5) is 0 Å². The molecule has 1 aliphatic rings. The summed E-state index contributed by atoms with van der Waals surface area (Å²) in [5.41, 5.74) is 2.67. The lowest BCUT2D eigenvalue weighted by Crippen LogP contribution is -2.07. The summed E-state index contributed by atoms with van der Waals surface area (Å²) >= 11 is 0. The third-order valence-electron chi connectivity index (χ3n) is 3.19. The van der Waals surface area contributed by atoms with Crippen molar-refractivity contribution < 1.29 is 14.6 Å². The van der Waals surface area contributed by atoms with E-state index in [1.165, 1.54) is 6.08 Å². The zero-order valence-corrected chi connectivity index (χ0v) is 9.82. The highest BCUT2D eigenvalue weighted by molar-refractivity contribution is 5.54. The Kier molecular flexibility index (Phi) is 3.45. The van der Waals surface area contributed by atoms with E-state index in [1.54, 1.807) is 13.2 Å². The van der Waals surface area contributed by atoms with Gasteiger partial charge in [-0.05, 0) is 31.7 Å². The first-order valence-corrected chi connectivity index (χ1v) is 5.72. The molecule has 0 saturated heterocycles. The van der Waals surface area contributed by atoms with E-state index in [4.69, 9.17) is 4.74 Å². The van der Waals surface area contributed by atoms with E-state index in [-0.39, 0.29) is 12.3 Å². The summed E-state index contributed by atoms with van der Waals surface area (Å²) in [7, 11) is 1.62. The van der Waals surface area contributed by atoms with Crippen molar-refractivity contribution in [2.24, 2.45) is 4.99 Å². The summed E-state index contributed by atoms with van der Waals surface area (Å²) < 4.78 is 5.34. The molecule has 4 heteroatoms. The van der Waals surface area contributed by atoms with Gasteiger partial charge < -0.3 is 9.84 Å². The SMILES string of the molecule is COc1cc(CN=C=O)c(O)c2c1CCCC2. The Labute approximate surface area is 99.9 Å². The van der Waals surface area contributed by atoms with Gasteiger partial charge in [-0.1, -0.05) is 0 Å². The molecule has 0 heterocycles. The molecule has 0 spiro atoms. The maximum atomic E-state index is 10.1. The molecule has 0 unspecified atom stereocenters. The Bertz CT molecular complexity index is 476. The number of carbonyl (C=O) groups excluding carboxylic acids is 1. The van der Waals surface area contributed by atoms with Gasteiger partial charge in [0.1, 0.15) is 11.5 Å². The fourth-order valence-electron chi connectivity index (χ4n) is 2.37. The number of fused-ring (bicyclic) bond motifs is 1. The predicted octanol–water partition coefficient (Wildman–Crippen LogP) is 2.12. The fraction of sp³-hybridized carbons (Fsp3) is 0.462. The highest BCUT2D eigenvalue weighted by atomic mass is 16.5. The molecule has 4 nitrogen and oxygen atoms in total. The molecule has 0 saturated carbocycles. The number of ether oxygens (including phenoxy) is 1. The normalized spacial score (nSPS) is 13.7. The molecule has 1 aliphatic carbocycles. The van der Waals surface area contributed by atoms with Gasteiger partial charge in [-0.2, -0.15) is 0 Å². The number of aromatic hydroxyl groups is 1. The smallest absolute Gasteiger partial charge is 0.235 e. The van der Waals surface area contributed by atoms with Crippen molar-refractivity contribution in [3.63, 3.8) is 0 Å². The monoisotopic (exact) mass is 233 g/mol. The van der Waals surface area contributed by atoms with Gasteiger partial charge in [0.25, 0.3) is 0 Å². The number of hydrogen-bond donors (Lipinski definition) is 1. The number of aliphatic imine (C=N–C) groups is 1. The van der Waals surface area contributed by atoms with Crippen LogP contribution >= 0.6 is 0 Å². The third kappa shape index (κ3) is 2.17. The fourth-order valence-corrected chi connectivity index (χ4v) is 2.37. The van der Waals surface area contributed by atoms with Gasteiger partial charge in [0, 0.05) is 16.7 Å². The average Bonchev–Trinajstić information content (AvgIpc) is 2.38. The Balaban J connectivity index is 2.51. The van der Waals surface area contributed by atoms with Crippen LogP contribution in [0.15, 0.2) is 11.1 Å². The average molecular weight is 233 g/mol. The molecule has 0 amide bonds. The van der Waals surface area contributed by atoms with Crippen LogP contribution in [0.5, 0.6) is 11.5 Å². The first kappa shape index (κ1) is 11.7. The quantitative estimate of drug-likeness (QED) is 0.642. The Morgan fingerprint density at radius 2 is 2.12 bits per heavy atom. The zero-order valence-electron chi connectivity index (χ0n) is 9.82. The van der Waals surface area contributed by atoms with Crippen molar-refractivity contribution in [1.29, 1.82) is 0 Å². The van der Waals surface area contributed by atoms with Gasteiger partial charge in [0.05, 0.1) is 13.7 Å². The number of hydrogen-bond acceptors (Lipinski definition) is 4. The van der Waals surface area contributed by atoms with Crippen LogP contribution in [0, 0.1) is 0 Å². The van der Waals surface area contributed by atoms with Gasteiger partial charge in [0.15, 0.2) is 0 Å². The number of benzene rings is 1. The minimum absolute atomic E-state index is 0.152. The predicted molar refractivity (Wildman–Crippen MR) is 63.1 cm³/mol. The molecule has 0 bridgehead atoms. The maximum Gasteiger partial charge on any atom is 0.235 e. The number of phenolic OH excluding ortho intramolecular Hbond substituents is 1. The number of methoxy groups -OCH3 is 1. The number of nitrogens with zero attached hydrogens (tertiary/aromatic N) is 1. The molecular weight excluding hydrogens is 218 g/mol. The molecule has 2 rings (SSSR count). The summed E-state index contributed by atoms with van der Waals surface area (Å²) in [5, 5.41) is 10.1. The van der Waals surface area contributed by atoms with Gasteiger partial charge in [-0.15, -0.1) is 0 Å². The number of rotatable bonds is 3. The van der Waals surface area contributed by atoms with E-state index in [0.29, 0.717) is 5.56 Å². The first-order valence-electron chi connectivity index (χ1n) is 5.72. The minimum Gasteiger partial charge on any atom is -0.507 e. The van der Waals surface area contributed by atoms with E-state index in [0.717, 1.165) is 42.6 Å². The third-order valence-corrected chi connectivity index (χ3v) is 3.19. The Morgan fingerprint density at radius 3 is 2.76 bits per heavy atom. The highest BCUT2D eigenvalue weighted by Gasteiger charge is 2.20. The van der Waals surface area contributed by atoms with Crippen molar-refractivity contribution in [3.05, 3.63) is 22.8 Å². The molecule has 1 aromatic rings. The Morgan fingerprint density at radius 1 is 1.41 bits per heavy atom. The van der Waals surface area contributed by atoms with Crippen molar-refractivity contribution >= 4 is 6.08 Å². The van der Waals surface area contributed by atoms with E-state index in [1.807, 2.05) is 0 Å². The molecule has 1 aromatic carbocycles. The van der Waals surface area contributed by atoms with Crippen molar-refractivity contribution in [3.8, 4) is 11.5 Å². The van der Waals surface area contributed by atoms with Crippen LogP contribution in [0.1, 0.15) is 29.5 Å². The maximum absolute atomic E-state index is 10.1. The van der Waals surface area contributed by atoms with Crippen LogP contribution in [0.2, 0.25) is 0 Å². The molecular formula is C13H15NO3. The second kappa shape index (κ2) is 5.02. The van der Waals surface area contributed by atoms with Crippen LogP contribution in [0.3, 0.4) is 0 Å². The van der Waals surface area contributed by atoms with Crippen LogP contribution in [0.25, 0.3) is 0 Å².